The van der Waals surface area contributed by atoms with Gasteiger partial charge in [-0.2, -0.15) is 0 Å². The largest absolute Gasteiger partial charge is 0.353 e. The Morgan fingerprint density at radius 2 is 2.24 bits per heavy atom. The Balaban J connectivity index is 2.35. The first kappa shape index (κ1) is 14.6. The molecule has 0 saturated heterocycles. The van der Waals surface area contributed by atoms with Gasteiger partial charge in [-0.3, -0.25) is 9.00 Å². The lowest BCUT2D eigenvalue weighted by atomic mass is 9.95. The van der Waals surface area contributed by atoms with Crippen molar-refractivity contribution in [2.45, 2.75) is 38.6 Å². The first-order valence-corrected chi connectivity index (χ1v) is 8.07. The third-order valence-electron chi connectivity index (χ3n) is 3.53. The molecule has 1 fully saturated rings. The van der Waals surface area contributed by atoms with E-state index < -0.39 is 10.8 Å². The molecule has 1 saturated carbocycles. The van der Waals surface area contributed by atoms with Gasteiger partial charge in [0.1, 0.15) is 0 Å². The molecule has 4 unspecified atom stereocenters. The van der Waals surface area contributed by atoms with Gasteiger partial charge in [0, 0.05) is 34.8 Å². The molecular weight excluding hydrogens is 236 g/mol. The summed E-state index contributed by atoms with van der Waals surface area (Å²) in [4.78, 5) is 12.0. The van der Waals surface area contributed by atoms with Gasteiger partial charge in [-0.25, -0.2) is 0 Å². The van der Waals surface area contributed by atoms with Crippen LogP contribution in [0.4, 0.5) is 0 Å². The van der Waals surface area contributed by atoms with Crippen LogP contribution in [0, 0.1) is 11.8 Å². The molecule has 5 heteroatoms. The molecule has 0 bridgehead atoms. The van der Waals surface area contributed by atoms with Gasteiger partial charge in [0.15, 0.2) is 0 Å². The smallest absolute Gasteiger partial charge is 0.223 e. The van der Waals surface area contributed by atoms with Crippen molar-refractivity contribution in [2.24, 2.45) is 17.6 Å². The monoisotopic (exact) mass is 260 g/mol. The molecule has 4 atom stereocenters. The molecular formula is C12H24N2O2S. The standard InChI is InChI=1S/C12H24N2O2S/c1-9(6-7-17(2)16)14-12(15)11-5-3-4-10(11)8-13/h9-11H,3-8,13H2,1-2H3,(H,14,15). The first-order chi connectivity index (χ1) is 8.04. The topological polar surface area (TPSA) is 72.2 Å². The van der Waals surface area contributed by atoms with E-state index in [9.17, 15) is 9.00 Å². The Morgan fingerprint density at radius 3 is 2.82 bits per heavy atom. The number of hydrogen-bond acceptors (Lipinski definition) is 3. The highest BCUT2D eigenvalue weighted by atomic mass is 32.2. The highest BCUT2D eigenvalue weighted by molar-refractivity contribution is 7.84. The van der Waals surface area contributed by atoms with Crippen LogP contribution in [0.25, 0.3) is 0 Å². The summed E-state index contributed by atoms with van der Waals surface area (Å²) in [7, 11) is -0.783. The molecule has 3 N–H and O–H groups in total. The number of nitrogens with one attached hydrogen (secondary N) is 1. The molecule has 1 aliphatic carbocycles. The highest BCUT2D eigenvalue weighted by Crippen LogP contribution is 2.31. The second-order valence-electron chi connectivity index (χ2n) is 5.01. The maximum Gasteiger partial charge on any atom is 0.223 e. The van der Waals surface area contributed by atoms with Gasteiger partial charge in [-0.1, -0.05) is 6.42 Å². The Bertz CT molecular complexity index is 284. The van der Waals surface area contributed by atoms with Crippen molar-refractivity contribution < 1.29 is 9.00 Å². The number of carbonyl (C=O) groups excluding carboxylic acids is 1. The van der Waals surface area contributed by atoms with E-state index in [4.69, 9.17) is 5.73 Å². The molecule has 1 rings (SSSR count). The van der Waals surface area contributed by atoms with Crippen LogP contribution in [0.5, 0.6) is 0 Å². The van der Waals surface area contributed by atoms with Crippen molar-refractivity contribution in [3.8, 4) is 0 Å². The van der Waals surface area contributed by atoms with Gasteiger partial charge < -0.3 is 11.1 Å². The van der Waals surface area contributed by atoms with Crippen LogP contribution in [-0.2, 0) is 15.6 Å². The second kappa shape index (κ2) is 7.11. The quantitative estimate of drug-likeness (QED) is 0.736. The maximum absolute atomic E-state index is 12.0. The minimum atomic E-state index is -0.783. The number of hydrogen-bond donors (Lipinski definition) is 2. The van der Waals surface area contributed by atoms with E-state index in [-0.39, 0.29) is 17.9 Å². The van der Waals surface area contributed by atoms with Crippen molar-refractivity contribution in [1.82, 2.24) is 5.32 Å². The van der Waals surface area contributed by atoms with Crippen molar-refractivity contribution in [1.29, 1.82) is 0 Å². The van der Waals surface area contributed by atoms with E-state index in [1.54, 1.807) is 6.26 Å². The van der Waals surface area contributed by atoms with Crippen LogP contribution in [0.1, 0.15) is 32.6 Å². The minimum Gasteiger partial charge on any atom is -0.353 e. The van der Waals surface area contributed by atoms with E-state index in [0.717, 1.165) is 25.7 Å². The van der Waals surface area contributed by atoms with Gasteiger partial charge in [0.25, 0.3) is 0 Å². The Labute approximate surface area is 106 Å². The summed E-state index contributed by atoms with van der Waals surface area (Å²) in [6, 6.07) is 0.102. The Kier molecular flexibility index (Phi) is 6.12. The molecule has 1 amide bonds. The molecule has 17 heavy (non-hydrogen) atoms. The summed E-state index contributed by atoms with van der Waals surface area (Å²) in [5.41, 5.74) is 5.67. The lowest BCUT2D eigenvalue weighted by Gasteiger charge is -2.20. The normalized spacial score (nSPS) is 27.7. The van der Waals surface area contributed by atoms with Crippen LogP contribution >= 0.6 is 0 Å². The van der Waals surface area contributed by atoms with Gasteiger partial charge >= 0.3 is 0 Å². The predicted molar refractivity (Wildman–Crippen MR) is 71.0 cm³/mol. The fourth-order valence-corrected chi connectivity index (χ4v) is 3.11. The van der Waals surface area contributed by atoms with Crippen molar-refractivity contribution in [3.63, 3.8) is 0 Å². The highest BCUT2D eigenvalue weighted by Gasteiger charge is 2.32. The van der Waals surface area contributed by atoms with Crippen LogP contribution in [0.3, 0.4) is 0 Å². The summed E-state index contributed by atoms with van der Waals surface area (Å²) < 4.78 is 11.0. The average Bonchev–Trinajstić information content (AvgIpc) is 2.74. The van der Waals surface area contributed by atoms with Crippen molar-refractivity contribution in [3.05, 3.63) is 0 Å². The fraction of sp³-hybridized carbons (Fsp3) is 0.917. The predicted octanol–water partition coefficient (Wildman–Crippen LogP) is 0.635. The lowest BCUT2D eigenvalue weighted by molar-refractivity contribution is -0.126. The third-order valence-corrected chi connectivity index (χ3v) is 4.34. The molecule has 4 nitrogen and oxygen atoms in total. The number of rotatable bonds is 6. The van der Waals surface area contributed by atoms with Crippen LogP contribution in [-0.4, -0.2) is 34.7 Å². The minimum absolute atomic E-state index is 0.0922. The number of amides is 1. The van der Waals surface area contributed by atoms with Crippen molar-refractivity contribution in [2.75, 3.05) is 18.6 Å². The molecule has 0 radical (unpaired) electrons. The number of nitrogens with two attached hydrogens (primary N) is 1. The molecule has 0 spiro atoms. The van der Waals surface area contributed by atoms with Crippen molar-refractivity contribution >= 4 is 16.7 Å². The van der Waals surface area contributed by atoms with Crippen LogP contribution < -0.4 is 11.1 Å². The number of carbonyl (C=O) groups is 1. The third kappa shape index (κ3) is 4.76. The van der Waals surface area contributed by atoms with E-state index in [0.29, 0.717) is 18.2 Å². The van der Waals surface area contributed by atoms with Gasteiger partial charge in [-0.15, -0.1) is 0 Å². The first-order valence-electron chi connectivity index (χ1n) is 6.35. The summed E-state index contributed by atoms with van der Waals surface area (Å²) in [6.07, 6.45) is 5.60. The molecule has 0 heterocycles. The van der Waals surface area contributed by atoms with E-state index in [2.05, 4.69) is 5.32 Å². The zero-order valence-corrected chi connectivity index (χ0v) is 11.6. The van der Waals surface area contributed by atoms with Gasteiger partial charge in [0.2, 0.25) is 5.91 Å². The van der Waals surface area contributed by atoms with E-state index in [1.165, 1.54) is 0 Å². The molecule has 100 valence electrons. The average molecular weight is 260 g/mol. The van der Waals surface area contributed by atoms with Crippen LogP contribution in [0.2, 0.25) is 0 Å². The zero-order chi connectivity index (χ0) is 12.8. The van der Waals surface area contributed by atoms with Gasteiger partial charge in [0.05, 0.1) is 0 Å². The maximum atomic E-state index is 12.0. The molecule has 0 aromatic heterocycles. The van der Waals surface area contributed by atoms with Gasteiger partial charge in [-0.05, 0) is 38.6 Å². The summed E-state index contributed by atoms with van der Waals surface area (Å²) >= 11 is 0. The van der Waals surface area contributed by atoms with E-state index >= 15 is 0 Å². The molecule has 0 aromatic rings. The molecule has 0 aromatic carbocycles. The molecule has 1 aliphatic rings. The summed E-state index contributed by atoms with van der Waals surface area (Å²) in [6.45, 7) is 2.57. The second-order valence-corrected chi connectivity index (χ2v) is 6.56. The summed E-state index contributed by atoms with van der Waals surface area (Å²) in [5, 5.41) is 3.01. The fourth-order valence-electron chi connectivity index (χ4n) is 2.43. The van der Waals surface area contributed by atoms with Crippen LogP contribution in [0.15, 0.2) is 0 Å². The zero-order valence-electron chi connectivity index (χ0n) is 10.8. The summed E-state index contributed by atoms with van der Waals surface area (Å²) in [5.74, 6) is 1.22. The van der Waals surface area contributed by atoms with E-state index in [1.807, 2.05) is 6.92 Å². The SMILES string of the molecule is CC(CCS(C)=O)NC(=O)C1CCCC1CN. The molecule has 0 aliphatic heterocycles. The Morgan fingerprint density at radius 1 is 1.53 bits per heavy atom. The lowest BCUT2D eigenvalue weighted by Crippen LogP contribution is -2.40. The Hall–Kier alpha value is -0.420.